The maximum Gasteiger partial charge on any atom is 0.140 e. The highest BCUT2D eigenvalue weighted by molar-refractivity contribution is 5.80. The van der Waals surface area contributed by atoms with Crippen LogP contribution in [0.3, 0.4) is 0 Å². The van der Waals surface area contributed by atoms with Crippen LogP contribution in [0.2, 0.25) is 0 Å². The number of amidine groups is 1. The molecule has 0 aromatic rings. The fraction of sp³-hybridized carbons (Fsp3) is 0.900. The minimum absolute atomic E-state index is 0.235. The molecule has 0 radical (unpaired) electrons. The van der Waals surface area contributed by atoms with Crippen LogP contribution in [0.15, 0.2) is 5.16 Å². The van der Waals surface area contributed by atoms with Crippen molar-refractivity contribution in [2.75, 3.05) is 13.2 Å². The lowest BCUT2D eigenvalue weighted by molar-refractivity contribution is 0.282. The van der Waals surface area contributed by atoms with Gasteiger partial charge in [-0.25, -0.2) is 0 Å². The molecule has 1 unspecified atom stereocenters. The number of hydrogen-bond acceptors (Lipinski definition) is 4. The topological polar surface area (TPSA) is 90.9 Å². The van der Waals surface area contributed by atoms with E-state index < -0.39 is 0 Å². The van der Waals surface area contributed by atoms with E-state index >= 15 is 0 Å². The third kappa shape index (κ3) is 9.49. The first-order valence-electron chi connectivity index (χ1n) is 5.51. The Labute approximate surface area is 91.4 Å². The molecule has 90 valence electrons. The molecule has 0 heterocycles. The van der Waals surface area contributed by atoms with E-state index in [1.807, 2.05) is 6.92 Å². The Balaban J connectivity index is 3.27. The highest BCUT2D eigenvalue weighted by atomic mass is 16.4. The number of nitrogens with one attached hydrogen (secondary N) is 1. The Hall–Kier alpha value is -0.810. The molecule has 0 amide bonds. The van der Waals surface area contributed by atoms with Gasteiger partial charge in [0.1, 0.15) is 5.84 Å². The molecule has 0 aliphatic heterocycles. The molecule has 0 aliphatic rings. The van der Waals surface area contributed by atoms with Crippen molar-refractivity contribution in [3.05, 3.63) is 0 Å². The van der Waals surface area contributed by atoms with Gasteiger partial charge in [0.2, 0.25) is 0 Å². The van der Waals surface area contributed by atoms with Crippen molar-refractivity contribution in [2.24, 2.45) is 10.9 Å². The number of hydrogen-bond donors (Lipinski definition) is 4. The number of rotatable bonds is 9. The minimum atomic E-state index is 0.235. The Morgan fingerprint density at radius 2 is 2.00 bits per heavy atom. The molecule has 5 N–H and O–H groups in total. The van der Waals surface area contributed by atoms with Gasteiger partial charge in [0.05, 0.1) is 0 Å². The maximum absolute atomic E-state index is 8.57. The van der Waals surface area contributed by atoms with Gasteiger partial charge < -0.3 is 21.4 Å². The highest BCUT2D eigenvalue weighted by Crippen LogP contribution is 1.98. The Morgan fingerprint density at radius 1 is 1.33 bits per heavy atom. The normalized spacial score (nSPS) is 14.1. The smallest absolute Gasteiger partial charge is 0.140 e. The van der Waals surface area contributed by atoms with E-state index in [1.165, 1.54) is 0 Å². The van der Waals surface area contributed by atoms with Crippen molar-refractivity contribution in [1.29, 1.82) is 0 Å². The van der Waals surface area contributed by atoms with Crippen molar-refractivity contribution in [3.8, 4) is 0 Å². The lowest BCUT2D eigenvalue weighted by Crippen LogP contribution is -2.31. The molecule has 0 saturated carbocycles. The molecule has 0 aromatic carbocycles. The number of aliphatic hydroxyl groups is 1. The molecule has 0 aromatic heterocycles. The van der Waals surface area contributed by atoms with Gasteiger partial charge in [-0.05, 0) is 26.3 Å². The molecule has 0 aliphatic carbocycles. The van der Waals surface area contributed by atoms with Crippen LogP contribution < -0.4 is 11.1 Å². The number of nitrogens with zero attached hydrogens (tertiary/aromatic N) is 1. The molecule has 0 saturated heterocycles. The standard InChI is InChI=1S/C10H23N3O2/c1-9(8-10(11)13-15)12-6-4-2-3-5-7-14/h9,12,14-15H,2-8H2,1H3,(H2,11,13). The van der Waals surface area contributed by atoms with Gasteiger partial charge in [0, 0.05) is 19.1 Å². The summed E-state index contributed by atoms with van der Waals surface area (Å²) in [6.07, 6.45) is 4.75. The zero-order chi connectivity index (χ0) is 11.5. The van der Waals surface area contributed by atoms with Gasteiger partial charge in [-0.2, -0.15) is 0 Å². The van der Waals surface area contributed by atoms with E-state index in [9.17, 15) is 0 Å². The van der Waals surface area contributed by atoms with Crippen LogP contribution in [0.25, 0.3) is 0 Å². The number of oxime groups is 1. The highest BCUT2D eigenvalue weighted by Gasteiger charge is 2.03. The summed E-state index contributed by atoms with van der Waals surface area (Å²) < 4.78 is 0. The van der Waals surface area contributed by atoms with E-state index in [4.69, 9.17) is 16.0 Å². The summed E-state index contributed by atoms with van der Waals surface area (Å²) in [6, 6.07) is 0.235. The Bertz CT molecular complexity index is 174. The first kappa shape index (κ1) is 14.2. The number of unbranched alkanes of at least 4 members (excludes halogenated alkanes) is 3. The first-order chi connectivity index (χ1) is 7.20. The summed E-state index contributed by atoms with van der Waals surface area (Å²) in [4.78, 5) is 0. The molecule has 1 atom stereocenters. The fourth-order valence-corrected chi connectivity index (χ4v) is 1.37. The first-order valence-corrected chi connectivity index (χ1v) is 5.51. The van der Waals surface area contributed by atoms with Gasteiger partial charge in [-0.15, -0.1) is 0 Å². The SMILES string of the molecule is CC(CC(N)=NO)NCCCCCCO. The Morgan fingerprint density at radius 3 is 2.60 bits per heavy atom. The van der Waals surface area contributed by atoms with Crippen molar-refractivity contribution < 1.29 is 10.3 Å². The maximum atomic E-state index is 8.57. The molecular weight excluding hydrogens is 194 g/mol. The van der Waals surface area contributed by atoms with Gasteiger partial charge >= 0.3 is 0 Å². The summed E-state index contributed by atoms with van der Waals surface area (Å²) in [7, 11) is 0. The van der Waals surface area contributed by atoms with Crippen LogP contribution in [0.4, 0.5) is 0 Å². The number of nitrogens with two attached hydrogens (primary N) is 1. The van der Waals surface area contributed by atoms with Crippen LogP contribution in [0.1, 0.15) is 39.0 Å². The fourth-order valence-electron chi connectivity index (χ4n) is 1.37. The second kappa shape index (κ2) is 9.73. The summed E-state index contributed by atoms with van der Waals surface area (Å²) >= 11 is 0. The lowest BCUT2D eigenvalue weighted by Gasteiger charge is -2.12. The van der Waals surface area contributed by atoms with E-state index in [1.54, 1.807) is 0 Å². The van der Waals surface area contributed by atoms with Gasteiger partial charge in [0.15, 0.2) is 0 Å². The van der Waals surface area contributed by atoms with Crippen molar-refractivity contribution in [1.82, 2.24) is 5.32 Å². The summed E-state index contributed by atoms with van der Waals surface area (Å²) in [5.41, 5.74) is 5.38. The van der Waals surface area contributed by atoms with Crippen LogP contribution in [-0.2, 0) is 0 Å². The molecule has 0 spiro atoms. The predicted octanol–water partition coefficient (Wildman–Crippen LogP) is 0.654. The largest absolute Gasteiger partial charge is 0.409 e. The molecule has 5 heteroatoms. The summed E-state index contributed by atoms with van der Waals surface area (Å²) in [5.74, 6) is 0.260. The molecule has 0 bridgehead atoms. The predicted molar refractivity (Wildman–Crippen MR) is 61.0 cm³/mol. The van der Waals surface area contributed by atoms with Gasteiger partial charge in [0.25, 0.3) is 0 Å². The Kier molecular flexibility index (Phi) is 9.21. The molecule has 0 rings (SSSR count). The van der Waals surface area contributed by atoms with Crippen LogP contribution in [0, 0.1) is 0 Å². The molecule has 15 heavy (non-hydrogen) atoms. The van der Waals surface area contributed by atoms with E-state index in [-0.39, 0.29) is 18.5 Å². The van der Waals surface area contributed by atoms with Crippen molar-refractivity contribution in [2.45, 2.75) is 45.1 Å². The lowest BCUT2D eigenvalue weighted by atomic mass is 10.2. The number of aliphatic hydroxyl groups excluding tert-OH is 1. The minimum Gasteiger partial charge on any atom is -0.409 e. The van der Waals surface area contributed by atoms with Gasteiger partial charge in [-0.3, -0.25) is 0 Å². The average Bonchev–Trinajstić information content (AvgIpc) is 2.23. The molecule has 0 fully saturated rings. The van der Waals surface area contributed by atoms with E-state index in [2.05, 4.69) is 10.5 Å². The summed E-state index contributed by atoms with van der Waals surface area (Å²) in [5, 5.41) is 23.1. The van der Waals surface area contributed by atoms with Gasteiger partial charge in [-0.1, -0.05) is 18.0 Å². The second-order valence-electron chi connectivity index (χ2n) is 3.79. The molecule has 5 nitrogen and oxygen atoms in total. The summed E-state index contributed by atoms with van der Waals surface area (Å²) in [6.45, 7) is 3.23. The van der Waals surface area contributed by atoms with Crippen LogP contribution >= 0.6 is 0 Å². The van der Waals surface area contributed by atoms with Crippen LogP contribution in [-0.4, -0.2) is 35.3 Å². The quantitative estimate of drug-likeness (QED) is 0.150. The van der Waals surface area contributed by atoms with E-state index in [0.29, 0.717) is 6.42 Å². The third-order valence-electron chi connectivity index (χ3n) is 2.22. The molecular formula is C10H23N3O2. The van der Waals surface area contributed by atoms with E-state index in [0.717, 1.165) is 32.2 Å². The average molecular weight is 217 g/mol. The second-order valence-corrected chi connectivity index (χ2v) is 3.79. The monoisotopic (exact) mass is 217 g/mol. The van der Waals surface area contributed by atoms with Crippen molar-refractivity contribution in [3.63, 3.8) is 0 Å². The van der Waals surface area contributed by atoms with Crippen molar-refractivity contribution >= 4 is 5.84 Å². The zero-order valence-corrected chi connectivity index (χ0v) is 9.45. The third-order valence-corrected chi connectivity index (χ3v) is 2.22. The van der Waals surface area contributed by atoms with Crippen LogP contribution in [0.5, 0.6) is 0 Å². The zero-order valence-electron chi connectivity index (χ0n) is 9.45.